The van der Waals surface area contributed by atoms with E-state index in [2.05, 4.69) is 15.7 Å². The van der Waals surface area contributed by atoms with Crippen LogP contribution >= 0.6 is 0 Å². The molecule has 4 heterocycles. The van der Waals surface area contributed by atoms with Crippen molar-refractivity contribution in [3.8, 4) is 17.2 Å². The second-order valence-corrected chi connectivity index (χ2v) is 9.62. The molecule has 2 aliphatic rings. The molecule has 5 rings (SSSR count). The van der Waals surface area contributed by atoms with Crippen molar-refractivity contribution in [2.24, 2.45) is 0 Å². The van der Waals surface area contributed by atoms with Gasteiger partial charge in [0.25, 0.3) is 11.8 Å². The second-order valence-electron chi connectivity index (χ2n) is 7.40. The van der Waals surface area contributed by atoms with E-state index in [1.54, 1.807) is 41.1 Å². The van der Waals surface area contributed by atoms with Gasteiger partial charge in [0.05, 0.1) is 29.5 Å². The van der Waals surface area contributed by atoms with E-state index >= 15 is 0 Å². The molecule has 0 spiro atoms. The van der Waals surface area contributed by atoms with Gasteiger partial charge in [-0.15, -0.1) is 0 Å². The first-order valence-corrected chi connectivity index (χ1v) is 11.4. The number of sulfone groups is 1. The zero-order valence-electron chi connectivity index (χ0n) is 16.2. The highest BCUT2D eigenvalue weighted by Crippen LogP contribution is 2.32. The van der Waals surface area contributed by atoms with Crippen molar-refractivity contribution >= 4 is 33.0 Å². The first-order valence-electron chi connectivity index (χ1n) is 9.60. The zero-order valence-corrected chi connectivity index (χ0v) is 17.0. The molecular formula is C20H18N4O6S. The maximum atomic E-state index is 12.9. The summed E-state index contributed by atoms with van der Waals surface area (Å²) in [4.78, 5) is 24.4. The fourth-order valence-corrected chi connectivity index (χ4v) is 5.41. The molecule has 2 N–H and O–H groups in total. The number of amides is 2. The summed E-state index contributed by atoms with van der Waals surface area (Å²) >= 11 is 0. The molecule has 0 saturated carbocycles. The van der Waals surface area contributed by atoms with Gasteiger partial charge in [-0.05, 0) is 36.8 Å². The number of furan rings is 1. The van der Waals surface area contributed by atoms with E-state index in [9.17, 15) is 18.0 Å². The van der Waals surface area contributed by atoms with Crippen molar-refractivity contribution in [1.29, 1.82) is 0 Å². The fourth-order valence-electron chi connectivity index (χ4n) is 3.72. The number of anilines is 2. The third-order valence-electron chi connectivity index (χ3n) is 5.17. The summed E-state index contributed by atoms with van der Waals surface area (Å²) in [5.74, 6) is 0.307. The Hall–Kier alpha value is -3.60. The summed E-state index contributed by atoms with van der Waals surface area (Å²) in [6.07, 6.45) is 1.92. The largest absolute Gasteiger partial charge is 0.482 e. The van der Waals surface area contributed by atoms with Crippen LogP contribution in [0.5, 0.6) is 5.75 Å². The highest BCUT2D eigenvalue weighted by molar-refractivity contribution is 7.91. The summed E-state index contributed by atoms with van der Waals surface area (Å²) in [6, 6.07) is 9.54. The van der Waals surface area contributed by atoms with Gasteiger partial charge in [0.15, 0.2) is 27.9 Å². The van der Waals surface area contributed by atoms with Gasteiger partial charge < -0.3 is 19.8 Å². The van der Waals surface area contributed by atoms with Crippen molar-refractivity contribution < 1.29 is 27.2 Å². The fraction of sp³-hybridized carbons (Fsp3) is 0.250. The van der Waals surface area contributed by atoms with Gasteiger partial charge in [0.2, 0.25) is 0 Å². The SMILES string of the molecule is O=C1COc2ccc(NC(=O)c3cc(-c4ccco4)n([C@@H]4CCS(=O)(=O)C4)n3)cc2N1. The molecule has 0 radical (unpaired) electrons. The number of fused-ring (bicyclic) bond motifs is 1. The molecule has 3 aromatic rings. The monoisotopic (exact) mass is 442 g/mol. The van der Waals surface area contributed by atoms with E-state index in [1.165, 1.54) is 6.26 Å². The third-order valence-corrected chi connectivity index (χ3v) is 6.92. The average molecular weight is 442 g/mol. The number of nitrogens with zero attached hydrogens (tertiary/aromatic N) is 2. The number of benzene rings is 1. The molecular weight excluding hydrogens is 424 g/mol. The first kappa shape index (κ1) is 19.4. The summed E-state index contributed by atoms with van der Waals surface area (Å²) in [7, 11) is -3.14. The topological polar surface area (TPSA) is 133 Å². The van der Waals surface area contributed by atoms with Crippen molar-refractivity contribution in [2.75, 3.05) is 28.7 Å². The van der Waals surface area contributed by atoms with Gasteiger partial charge in [-0.2, -0.15) is 5.10 Å². The van der Waals surface area contributed by atoms with E-state index < -0.39 is 15.7 Å². The van der Waals surface area contributed by atoms with Crippen LogP contribution in [0.1, 0.15) is 23.0 Å². The number of rotatable bonds is 4. The number of carbonyl (C=O) groups excluding carboxylic acids is 2. The number of ether oxygens (including phenoxy) is 1. The van der Waals surface area contributed by atoms with Gasteiger partial charge in [-0.3, -0.25) is 14.3 Å². The lowest BCUT2D eigenvalue weighted by molar-refractivity contribution is -0.118. The summed E-state index contributed by atoms with van der Waals surface area (Å²) < 4.78 is 36.2. The van der Waals surface area contributed by atoms with Crippen LogP contribution in [-0.4, -0.2) is 48.1 Å². The Labute approximate surface area is 177 Å². The van der Waals surface area contributed by atoms with Crippen molar-refractivity contribution in [3.05, 3.63) is 48.4 Å². The van der Waals surface area contributed by atoms with Crippen LogP contribution < -0.4 is 15.4 Å². The van der Waals surface area contributed by atoms with Crippen molar-refractivity contribution in [1.82, 2.24) is 9.78 Å². The minimum atomic E-state index is -3.14. The van der Waals surface area contributed by atoms with Gasteiger partial charge in [0, 0.05) is 11.8 Å². The molecule has 0 unspecified atom stereocenters. The smallest absolute Gasteiger partial charge is 0.276 e. The van der Waals surface area contributed by atoms with Crippen LogP contribution in [0, 0.1) is 0 Å². The molecule has 1 fully saturated rings. The minimum Gasteiger partial charge on any atom is -0.482 e. The lowest BCUT2D eigenvalue weighted by atomic mass is 10.2. The number of nitrogens with one attached hydrogen (secondary N) is 2. The van der Waals surface area contributed by atoms with E-state index in [4.69, 9.17) is 9.15 Å². The van der Waals surface area contributed by atoms with Crippen LogP contribution in [0.25, 0.3) is 11.5 Å². The first-order chi connectivity index (χ1) is 14.9. The van der Waals surface area contributed by atoms with Crippen LogP contribution in [0.4, 0.5) is 11.4 Å². The van der Waals surface area contributed by atoms with Crippen LogP contribution in [0.2, 0.25) is 0 Å². The summed E-state index contributed by atoms with van der Waals surface area (Å²) in [6.45, 7) is -0.0530. The standard InChI is InChI=1S/C20H18N4O6S/c25-19-10-30-17-4-3-12(8-14(17)22-19)21-20(26)15-9-16(18-2-1-6-29-18)24(23-15)13-5-7-31(27,28)11-13/h1-4,6,8-9,13H,5,7,10-11H2,(H,21,26)(H,22,25)/t13-/m1/s1. The van der Waals surface area contributed by atoms with E-state index in [0.29, 0.717) is 35.0 Å². The Kier molecular flexibility index (Phi) is 4.54. The lowest BCUT2D eigenvalue weighted by Gasteiger charge is -2.18. The Morgan fingerprint density at radius 1 is 1.26 bits per heavy atom. The molecule has 0 bridgehead atoms. The van der Waals surface area contributed by atoms with Crippen molar-refractivity contribution in [2.45, 2.75) is 12.5 Å². The van der Waals surface area contributed by atoms with Gasteiger partial charge in [-0.1, -0.05) is 0 Å². The molecule has 1 aromatic carbocycles. The molecule has 2 amide bonds. The molecule has 11 heteroatoms. The lowest BCUT2D eigenvalue weighted by Crippen LogP contribution is -2.25. The Morgan fingerprint density at radius 3 is 2.87 bits per heavy atom. The quantitative estimate of drug-likeness (QED) is 0.632. The normalized spacial score (nSPS) is 19.4. The molecule has 1 atom stereocenters. The number of hydrogen-bond acceptors (Lipinski definition) is 7. The molecule has 1 saturated heterocycles. The van der Waals surface area contributed by atoms with Gasteiger partial charge >= 0.3 is 0 Å². The molecule has 10 nitrogen and oxygen atoms in total. The van der Waals surface area contributed by atoms with Crippen LogP contribution in [0.3, 0.4) is 0 Å². The predicted octanol–water partition coefficient (Wildman–Crippen LogP) is 2.09. The van der Waals surface area contributed by atoms with E-state index in [0.717, 1.165) is 0 Å². The van der Waals surface area contributed by atoms with E-state index in [1.807, 2.05) is 0 Å². The van der Waals surface area contributed by atoms with Gasteiger partial charge in [0.1, 0.15) is 11.4 Å². The Balaban J connectivity index is 1.44. The Bertz CT molecular complexity index is 1280. The minimum absolute atomic E-state index is 0.0338. The van der Waals surface area contributed by atoms with Crippen LogP contribution in [0.15, 0.2) is 47.1 Å². The molecule has 2 aromatic heterocycles. The second kappa shape index (κ2) is 7.27. The molecule has 0 aliphatic carbocycles. The van der Waals surface area contributed by atoms with Gasteiger partial charge in [-0.25, -0.2) is 8.42 Å². The average Bonchev–Trinajstić information content (AvgIpc) is 3.46. The van der Waals surface area contributed by atoms with Crippen molar-refractivity contribution in [3.63, 3.8) is 0 Å². The number of carbonyl (C=O) groups is 2. The molecule has 160 valence electrons. The molecule has 31 heavy (non-hydrogen) atoms. The number of aromatic nitrogens is 2. The summed E-state index contributed by atoms with van der Waals surface area (Å²) in [5, 5.41) is 9.83. The number of hydrogen-bond donors (Lipinski definition) is 2. The highest BCUT2D eigenvalue weighted by atomic mass is 32.2. The van der Waals surface area contributed by atoms with E-state index in [-0.39, 0.29) is 35.8 Å². The highest BCUT2D eigenvalue weighted by Gasteiger charge is 2.32. The maximum Gasteiger partial charge on any atom is 0.276 e. The summed E-state index contributed by atoms with van der Waals surface area (Å²) in [5.41, 5.74) is 1.57. The maximum absolute atomic E-state index is 12.9. The van der Waals surface area contributed by atoms with Crippen LogP contribution in [-0.2, 0) is 14.6 Å². The zero-order chi connectivity index (χ0) is 21.6. The molecule has 2 aliphatic heterocycles. The Morgan fingerprint density at radius 2 is 2.13 bits per heavy atom. The predicted molar refractivity (Wildman–Crippen MR) is 111 cm³/mol. The third kappa shape index (κ3) is 3.79.